The maximum Gasteiger partial charge on any atom is 0.187 e. The van der Waals surface area contributed by atoms with E-state index in [9.17, 15) is 0 Å². The molecule has 2 N–H and O–H groups in total. The molecule has 1 aromatic rings. The Labute approximate surface area is 95.9 Å². The first kappa shape index (κ1) is 12.5. The summed E-state index contributed by atoms with van der Waals surface area (Å²) in [7, 11) is 0. The molecular formula is C11H19N3S. The molecule has 0 fully saturated rings. The quantitative estimate of drug-likeness (QED) is 0.597. The molecular weight excluding hydrogens is 206 g/mol. The largest absolute Gasteiger partial charge is 0.327 e. The number of hydrogen-bond donors (Lipinski definition) is 1. The molecule has 0 spiro atoms. The highest BCUT2D eigenvalue weighted by atomic mass is 32.2. The van der Waals surface area contributed by atoms with Gasteiger partial charge < -0.3 is 5.73 Å². The van der Waals surface area contributed by atoms with Crippen LogP contribution in [0.5, 0.6) is 0 Å². The van der Waals surface area contributed by atoms with Crippen molar-refractivity contribution in [2.24, 2.45) is 5.73 Å². The van der Waals surface area contributed by atoms with Gasteiger partial charge in [-0.05, 0) is 18.9 Å². The molecule has 0 saturated carbocycles. The van der Waals surface area contributed by atoms with Gasteiger partial charge >= 0.3 is 0 Å². The molecule has 1 heterocycles. The van der Waals surface area contributed by atoms with Crippen LogP contribution in [0.25, 0.3) is 0 Å². The second kappa shape index (κ2) is 6.80. The molecule has 2 atom stereocenters. The lowest BCUT2D eigenvalue weighted by molar-refractivity contribution is 0.565. The standard InChI is InChI=1S/C11H19N3S/c1-3-6-9(12)10(4-2)15-11-13-7-5-8-14-11/h5,7-10H,3-4,6,12H2,1-2H3. The summed E-state index contributed by atoms with van der Waals surface area (Å²) in [6, 6.07) is 2.07. The van der Waals surface area contributed by atoms with Gasteiger partial charge in [0.05, 0.1) is 0 Å². The van der Waals surface area contributed by atoms with Gasteiger partial charge in [-0.2, -0.15) is 0 Å². The molecule has 0 radical (unpaired) electrons. The molecule has 4 heteroatoms. The molecule has 15 heavy (non-hydrogen) atoms. The van der Waals surface area contributed by atoms with Gasteiger partial charge in [-0.3, -0.25) is 0 Å². The van der Waals surface area contributed by atoms with E-state index in [2.05, 4.69) is 23.8 Å². The van der Waals surface area contributed by atoms with Crippen LogP contribution in [0.2, 0.25) is 0 Å². The lowest BCUT2D eigenvalue weighted by Crippen LogP contribution is -2.31. The fraction of sp³-hybridized carbons (Fsp3) is 0.636. The van der Waals surface area contributed by atoms with Crippen molar-refractivity contribution in [3.8, 4) is 0 Å². The third-order valence-electron chi connectivity index (χ3n) is 2.30. The van der Waals surface area contributed by atoms with Crippen LogP contribution in [-0.2, 0) is 0 Å². The molecule has 0 amide bonds. The summed E-state index contributed by atoms with van der Waals surface area (Å²) < 4.78 is 0. The van der Waals surface area contributed by atoms with Gasteiger partial charge in [-0.15, -0.1) is 0 Å². The average molecular weight is 225 g/mol. The monoisotopic (exact) mass is 225 g/mol. The summed E-state index contributed by atoms with van der Waals surface area (Å²) in [5.74, 6) is 0. The molecule has 1 rings (SSSR count). The maximum absolute atomic E-state index is 6.11. The zero-order chi connectivity index (χ0) is 11.1. The van der Waals surface area contributed by atoms with E-state index in [0.29, 0.717) is 5.25 Å². The topological polar surface area (TPSA) is 51.8 Å². The van der Waals surface area contributed by atoms with E-state index in [1.807, 2.05) is 6.07 Å². The maximum atomic E-state index is 6.11. The predicted octanol–water partition coefficient (Wildman–Crippen LogP) is 2.47. The van der Waals surface area contributed by atoms with Gasteiger partial charge in [0.25, 0.3) is 0 Å². The number of hydrogen-bond acceptors (Lipinski definition) is 4. The number of rotatable bonds is 6. The highest BCUT2D eigenvalue weighted by molar-refractivity contribution is 7.99. The van der Waals surface area contributed by atoms with Crippen molar-refractivity contribution >= 4 is 11.8 Å². The summed E-state index contributed by atoms with van der Waals surface area (Å²) in [6.45, 7) is 4.33. The minimum absolute atomic E-state index is 0.244. The summed E-state index contributed by atoms with van der Waals surface area (Å²) in [6.07, 6.45) is 6.80. The van der Waals surface area contributed by atoms with Gasteiger partial charge in [-0.1, -0.05) is 32.0 Å². The average Bonchev–Trinajstić information content (AvgIpc) is 2.27. The minimum atomic E-state index is 0.244. The first-order valence-electron chi connectivity index (χ1n) is 5.47. The predicted molar refractivity (Wildman–Crippen MR) is 64.9 cm³/mol. The highest BCUT2D eigenvalue weighted by Gasteiger charge is 2.17. The van der Waals surface area contributed by atoms with E-state index in [0.717, 1.165) is 24.4 Å². The van der Waals surface area contributed by atoms with Crippen molar-refractivity contribution in [1.29, 1.82) is 0 Å². The van der Waals surface area contributed by atoms with Crippen LogP contribution in [0.4, 0.5) is 0 Å². The Morgan fingerprint density at radius 1 is 1.33 bits per heavy atom. The van der Waals surface area contributed by atoms with Gasteiger partial charge in [0.2, 0.25) is 0 Å². The third kappa shape index (κ3) is 4.18. The molecule has 0 aliphatic rings. The van der Waals surface area contributed by atoms with Crippen LogP contribution >= 0.6 is 11.8 Å². The van der Waals surface area contributed by atoms with Crippen LogP contribution in [0.1, 0.15) is 33.1 Å². The molecule has 84 valence electrons. The Bertz CT molecular complexity index is 266. The van der Waals surface area contributed by atoms with Crippen molar-refractivity contribution in [3.05, 3.63) is 18.5 Å². The molecule has 1 aromatic heterocycles. The van der Waals surface area contributed by atoms with E-state index < -0.39 is 0 Å². The van der Waals surface area contributed by atoms with Crippen molar-refractivity contribution < 1.29 is 0 Å². The van der Waals surface area contributed by atoms with E-state index in [1.54, 1.807) is 24.2 Å². The lowest BCUT2D eigenvalue weighted by Gasteiger charge is -2.20. The van der Waals surface area contributed by atoms with E-state index in [4.69, 9.17) is 5.73 Å². The van der Waals surface area contributed by atoms with Crippen molar-refractivity contribution in [1.82, 2.24) is 9.97 Å². The van der Waals surface area contributed by atoms with Crippen LogP contribution in [-0.4, -0.2) is 21.3 Å². The fourth-order valence-corrected chi connectivity index (χ4v) is 2.47. The van der Waals surface area contributed by atoms with Gasteiger partial charge in [0.15, 0.2) is 5.16 Å². The van der Waals surface area contributed by atoms with Crippen LogP contribution in [0.15, 0.2) is 23.6 Å². The summed E-state index contributed by atoms with van der Waals surface area (Å²) in [5.41, 5.74) is 6.11. The summed E-state index contributed by atoms with van der Waals surface area (Å²) >= 11 is 1.69. The van der Waals surface area contributed by atoms with Crippen LogP contribution in [0, 0.1) is 0 Å². The van der Waals surface area contributed by atoms with Crippen molar-refractivity contribution in [2.45, 2.75) is 49.6 Å². The molecule has 3 nitrogen and oxygen atoms in total. The second-order valence-electron chi connectivity index (χ2n) is 3.55. The summed E-state index contributed by atoms with van der Waals surface area (Å²) in [5, 5.41) is 1.25. The van der Waals surface area contributed by atoms with Gasteiger partial charge in [0.1, 0.15) is 0 Å². The van der Waals surface area contributed by atoms with Crippen molar-refractivity contribution in [2.75, 3.05) is 0 Å². The van der Waals surface area contributed by atoms with Gasteiger partial charge in [-0.25, -0.2) is 9.97 Å². The van der Waals surface area contributed by atoms with E-state index in [-0.39, 0.29) is 6.04 Å². The van der Waals surface area contributed by atoms with Gasteiger partial charge in [0, 0.05) is 23.7 Å². The van der Waals surface area contributed by atoms with Crippen LogP contribution < -0.4 is 5.73 Å². The molecule has 2 unspecified atom stereocenters. The zero-order valence-electron chi connectivity index (χ0n) is 9.39. The Balaban J connectivity index is 2.53. The number of nitrogens with two attached hydrogens (primary N) is 1. The molecule has 0 saturated heterocycles. The smallest absolute Gasteiger partial charge is 0.187 e. The molecule has 0 bridgehead atoms. The second-order valence-corrected chi connectivity index (χ2v) is 4.75. The Hall–Kier alpha value is -0.610. The Morgan fingerprint density at radius 2 is 2.00 bits per heavy atom. The zero-order valence-corrected chi connectivity index (χ0v) is 10.2. The Morgan fingerprint density at radius 3 is 2.53 bits per heavy atom. The number of thioether (sulfide) groups is 1. The van der Waals surface area contributed by atoms with E-state index >= 15 is 0 Å². The molecule has 0 aliphatic heterocycles. The Kier molecular flexibility index (Phi) is 5.65. The molecule has 0 aliphatic carbocycles. The first-order chi connectivity index (χ1) is 7.27. The summed E-state index contributed by atoms with van der Waals surface area (Å²) in [4.78, 5) is 8.41. The lowest BCUT2D eigenvalue weighted by atomic mass is 10.1. The number of aromatic nitrogens is 2. The van der Waals surface area contributed by atoms with Crippen molar-refractivity contribution in [3.63, 3.8) is 0 Å². The fourth-order valence-electron chi connectivity index (χ4n) is 1.47. The minimum Gasteiger partial charge on any atom is -0.327 e. The van der Waals surface area contributed by atoms with E-state index in [1.165, 1.54) is 0 Å². The number of nitrogens with zero attached hydrogens (tertiary/aromatic N) is 2. The molecule has 0 aromatic carbocycles. The third-order valence-corrected chi connectivity index (χ3v) is 3.71. The highest BCUT2D eigenvalue weighted by Crippen LogP contribution is 2.24. The first-order valence-corrected chi connectivity index (χ1v) is 6.35. The SMILES string of the molecule is CCCC(N)C(CC)Sc1ncccn1. The van der Waals surface area contributed by atoms with Crippen LogP contribution in [0.3, 0.4) is 0 Å². The normalized spacial score (nSPS) is 14.9.